The Morgan fingerprint density at radius 3 is 2.70 bits per heavy atom. The number of halogens is 1. The molecule has 1 aromatic carbocycles. The number of nitrogens with zero attached hydrogens (tertiary/aromatic N) is 2. The van der Waals surface area contributed by atoms with Gasteiger partial charge in [0.15, 0.2) is 17.3 Å². The molecule has 0 fully saturated rings. The average Bonchev–Trinajstić information content (AvgIpc) is 2.47. The SMILES string of the molecule is COc1cc(-c2nccc(CCN)n2)cc(Cl)c1OC. The summed E-state index contributed by atoms with van der Waals surface area (Å²) in [5, 5.41) is 0.453. The van der Waals surface area contributed by atoms with Gasteiger partial charge in [-0.1, -0.05) is 11.6 Å². The van der Waals surface area contributed by atoms with Crippen molar-refractivity contribution in [3.8, 4) is 22.9 Å². The molecule has 0 aliphatic rings. The number of hydrogen-bond acceptors (Lipinski definition) is 5. The Morgan fingerprint density at radius 1 is 1.25 bits per heavy atom. The zero-order valence-electron chi connectivity index (χ0n) is 11.4. The molecule has 2 N–H and O–H groups in total. The number of hydrogen-bond donors (Lipinski definition) is 1. The van der Waals surface area contributed by atoms with Gasteiger partial charge >= 0.3 is 0 Å². The van der Waals surface area contributed by atoms with Gasteiger partial charge in [-0.05, 0) is 24.7 Å². The van der Waals surface area contributed by atoms with Crippen LogP contribution in [0.5, 0.6) is 11.5 Å². The Labute approximate surface area is 122 Å². The highest BCUT2D eigenvalue weighted by Gasteiger charge is 2.13. The molecule has 0 saturated carbocycles. The van der Waals surface area contributed by atoms with Gasteiger partial charge in [0.05, 0.1) is 19.2 Å². The molecule has 0 spiro atoms. The number of methoxy groups -OCH3 is 2. The lowest BCUT2D eigenvalue weighted by atomic mass is 10.1. The van der Waals surface area contributed by atoms with Gasteiger partial charge in [0.1, 0.15) is 0 Å². The summed E-state index contributed by atoms with van der Waals surface area (Å²) in [6, 6.07) is 5.40. The molecule has 0 radical (unpaired) electrons. The zero-order valence-corrected chi connectivity index (χ0v) is 12.1. The van der Waals surface area contributed by atoms with E-state index in [-0.39, 0.29) is 0 Å². The van der Waals surface area contributed by atoms with Crippen LogP contribution in [0.15, 0.2) is 24.4 Å². The second-order valence-corrected chi connectivity index (χ2v) is 4.51. The van der Waals surface area contributed by atoms with E-state index in [9.17, 15) is 0 Å². The van der Waals surface area contributed by atoms with Crippen LogP contribution in [0.2, 0.25) is 5.02 Å². The lowest BCUT2D eigenvalue weighted by molar-refractivity contribution is 0.355. The first-order chi connectivity index (χ1) is 9.69. The van der Waals surface area contributed by atoms with Crippen molar-refractivity contribution in [1.82, 2.24) is 9.97 Å². The predicted molar refractivity (Wildman–Crippen MR) is 78.3 cm³/mol. The highest BCUT2D eigenvalue weighted by atomic mass is 35.5. The molecule has 2 aromatic rings. The van der Waals surface area contributed by atoms with Crippen LogP contribution in [0.4, 0.5) is 0 Å². The van der Waals surface area contributed by atoms with Crippen molar-refractivity contribution in [2.45, 2.75) is 6.42 Å². The van der Waals surface area contributed by atoms with Crippen molar-refractivity contribution < 1.29 is 9.47 Å². The Morgan fingerprint density at radius 2 is 2.05 bits per heavy atom. The second-order valence-electron chi connectivity index (χ2n) is 4.10. The van der Waals surface area contributed by atoms with Crippen molar-refractivity contribution in [3.63, 3.8) is 0 Å². The molecule has 0 atom stereocenters. The largest absolute Gasteiger partial charge is 0.493 e. The van der Waals surface area contributed by atoms with E-state index >= 15 is 0 Å². The van der Waals surface area contributed by atoms with E-state index in [4.69, 9.17) is 26.8 Å². The molecular formula is C14H16ClN3O2. The first-order valence-electron chi connectivity index (χ1n) is 6.13. The third-order valence-electron chi connectivity index (χ3n) is 2.81. The highest BCUT2D eigenvalue weighted by Crippen LogP contribution is 2.38. The minimum absolute atomic E-state index is 0.453. The molecule has 1 aromatic heterocycles. The maximum absolute atomic E-state index is 6.18. The summed E-state index contributed by atoms with van der Waals surface area (Å²) >= 11 is 6.18. The normalized spacial score (nSPS) is 10.4. The fourth-order valence-electron chi connectivity index (χ4n) is 1.87. The standard InChI is InChI=1S/C14H16ClN3O2/c1-19-12-8-9(7-11(15)13(12)20-2)14-17-6-4-10(18-14)3-5-16/h4,6-8H,3,5,16H2,1-2H3. The Bertz CT molecular complexity index is 605. The van der Waals surface area contributed by atoms with Crippen LogP contribution >= 0.6 is 11.6 Å². The molecule has 0 bridgehead atoms. The third-order valence-corrected chi connectivity index (χ3v) is 3.09. The van der Waals surface area contributed by atoms with Crippen LogP contribution < -0.4 is 15.2 Å². The Kier molecular flexibility index (Phi) is 4.76. The molecule has 0 saturated heterocycles. The van der Waals surface area contributed by atoms with E-state index in [0.717, 1.165) is 11.3 Å². The van der Waals surface area contributed by atoms with E-state index < -0.39 is 0 Å². The van der Waals surface area contributed by atoms with Crippen molar-refractivity contribution in [2.24, 2.45) is 5.73 Å². The summed E-state index contributed by atoms with van der Waals surface area (Å²) in [6.07, 6.45) is 2.41. The first-order valence-corrected chi connectivity index (χ1v) is 6.51. The lowest BCUT2D eigenvalue weighted by Gasteiger charge is -2.11. The smallest absolute Gasteiger partial charge is 0.179 e. The van der Waals surface area contributed by atoms with Crippen molar-refractivity contribution in [3.05, 3.63) is 35.1 Å². The minimum Gasteiger partial charge on any atom is -0.493 e. The van der Waals surface area contributed by atoms with Crippen molar-refractivity contribution in [1.29, 1.82) is 0 Å². The lowest BCUT2D eigenvalue weighted by Crippen LogP contribution is -2.05. The molecule has 1 heterocycles. The van der Waals surface area contributed by atoms with Gasteiger partial charge in [-0.2, -0.15) is 0 Å². The molecule has 0 amide bonds. The summed E-state index contributed by atoms with van der Waals surface area (Å²) in [5.74, 6) is 1.62. The summed E-state index contributed by atoms with van der Waals surface area (Å²) < 4.78 is 10.5. The van der Waals surface area contributed by atoms with E-state index in [0.29, 0.717) is 35.3 Å². The van der Waals surface area contributed by atoms with E-state index in [1.54, 1.807) is 32.5 Å². The fraction of sp³-hybridized carbons (Fsp3) is 0.286. The number of rotatable bonds is 5. The quantitative estimate of drug-likeness (QED) is 0.916. The van der Waals surface area contributed by atoms with Crippen LogP contribution in [0.1, 0.15) is 5.69 Å². The van der Waals surface area contributed by atoms with Gasteiger partial charge in [-0.15, -0.1) is 0 Å². The molecule has 0 unspecified atom stereocenters. The van der Waals surface area contributed by atoms with Crippen LogP contribution in [-0.4, -0.2) is 30.7 Å². The molecule has 0 aliphatic heterocycles. The summed E-state index contributed by atoms with van der Waals surface area (Å²) in [7, 11) is 3.10. The van der Waals surface area contributed by atoms with Crippen LogP contribution in [0.25, 0.3) is 11.4 Å². The summed E-state index contributed by atoms with van der Waals surface area (Å²) in [4.78, 5) is 8.72. The predicted octanol–water partition coefficient (Wildman–Crippen LogP) is 2.32. The number of ether oxygens (including phenoxy) is 2. The van der Waals surface area contributed by atoms with E-state index in [1.165, 1.54) is 0 Å². The monoisotopic (exact) mass is 293 g/mol. The summed E-state index contributed by atoms with van der Waals surface area (Å²) in [6.45, 7) is 0.545. The minimum atomic E-state index is 0.453. The third kappa shape index (κ3) is 3.00. The maximum Gasteiger partial charge on any atom is 0.179 e. The fourth-order valence-corrected chi connectivity index (χ4v) is 2.16. The van der Waals surface area contributed by atoms with Crippen LogP contribution in [-0.2, 0) is 6.42 Å². The number of aromatic nitrogens is 2. The first kappa shape index (κ1) is 14.6. The number of benzene rings is 1. The molecule has 6 heteroatoms. The van der Waals surface area contributed by atoms with Crippen molar-refractivity contribution in [2.75, 3.05) is 20.8 Å². The second kappa shape index (κ2) is 6.54. The Balaban J connectivity index is 2.47. The summed E-state index contributed by atoms with van der Waals surface area (Å²) in [5.41, 5.74) is 7.20. The van der Waals surface area contributed by atoms with E-state index in [2.05, 4.69) is 9.97 Å². The Hall–Kier alpha value is -1.85. The number of nitrogens with two attached hydrogens (primary N) is 1. The van der Waals surface area contributed by atoms with Crippen molar-refractivity contribution >= 4 is 11.6 Å². The molecule has 20 heavy (non-hydrogen) atoms. The zero-order chi connectivity index (χ0) is 14.5. The van der Waals surface area contributed by atoms with Gasteiger partial charge in [0.2, 0.25) is 0 Å². The van der Waals surface area contributed by atoms with Gasteiger partial charge in [0, 0.05) is 23.9 Å². The van der Waals surface area contributed by atoms with Crippen LogP contribution in [0.3, 0.4) is 0 Å². The van der Waals surface area contributed by atoms with E-state index in [1.807, 2.05) is 6.07 Å². The molecule has 106 valence electrons. The van der Waals surface area contributed by atoms with Gasteiger partial charge < -0.3 is 15.2 Å². The molecule has 0 aliphatic carbocycles. The van der Waals surface area contributed by atoms with Gasteiger partial charge in [-0.25, -0.2) is 9.97 Å². The highest BCUT2D eigenvalue weighted by molar-refractivity contribution is 6.32. The molecular weight excluding hydrogens is 278 g/mol. The topological polar surface area (TPSA) is 70.3 Å². The average molecular weight is 294 g/mol. The van der Waals surface area contributed by atoms with Gasteiger partial charge in [-0.3, -0.25) is 0 Å². The molecule has 2 rings (SSSR count). The van der Waals surface area contributed by atoms with Gasteiger partial charge in [0.25, 0.3) is 0 Å². The van der Waals surface area contributed by atoms with Crippen LogP contribution in [0, 0.1) is 0 Å². The molecule has 5 nitrogen and oxygen atoms in total. The maximum atomic E-state index is 6.18.